The molecule has 0 bridgehead atoms. The molecule has 0 aliphatic heterocycles. The molecule has 110 valence electrons. The van der Waals surface area contributed by atoms with Crippen LogP contribution in [-0.4, -0.2) is 5.78 Å². The second kappa shape index (κ2) is 5.47. The van der Waals surface area contributed by atoms with Crippen molar-refractivity contribution in [2.24, 2.45) is 0 Å². The standard InChI is InChI=1S/C15H12F3NO2/c1-9(20)13-8-12(5-6-14(13)19)21-11-4-2-3-10(7-11)15(16,17)18/h2-8H,19H2,1H3. The molecule has 0 radical (unpaired) electrons. The molecule has 0 saturated carbocycles. The average molecular weight is 295 g/mol. The molecule has 0 atom stereocenters. The van der Waals surface area contributed by atoms with Crippen LogP contribution in [0.1, 0.15) is 22.8 Å². The van der Waals surface area contributed by atoms with Crippen LogP contribution in [0.5, 0.6) is 11.5 Å². The fourth-order valence-electron chi connectivity index (χ4n) is 1.78. The van der Waals surface area contributed by atoms with E-state index in [9.17, 15) is 18.0 Å². The minimum absolute atomic E-state index is 0.0316. The van der Waals surface area contributed by atoms with Gasteiger partial charge in [0.05, 0.1) is 5.56 Å². The Morgan fingerprint density at radius 3 is 2.38 bits per heavy atom. The molecule has 2 aromatic rings. The molecule has 6 heteroatoms. The quantitative estimate of drug-likeness (QED) is 0.679. The van der Waals surface area contributed by atoms with Gasteiger partial charge in [-0.2, -0.15) is 13.2 Å². The van der Waals surface area contributed by atoms with Gasteiger partial charge in [0.1, 0.15) is 11.5 Å². The first-order valence-corrected chi connectivity index (χ1v) is 6.03. The molecule has 0 heterocycles. The van der Waals surface area contributed by atoms with E-state index in [1.54, 1.807) is 0 Å². The van der Waals surface area contributed by atoms with Crippen LogP contribution in [0.2, 0.25) is 0 Å². The fraction of sp³-hybridized carbons (Fsp3) is 0.133. The predicted octanol–water partition coefficient (Wildman–Crippen LogP) is 4.28. The Hall–Kier alpha value is -2.50. The Labute approximate surface area is 119 Å². The number of hydrogen-bond donors (Lipinski definition) is 1. The third-order valence-electron chi connectivity index (χ3n) is 2.80. The van der Waals surface area contributed by atoms with E-state index in [1.807, 2.05) is 0 Å². The molecule has 2 aromatic carbocycles. The van der Waals surface area contributed by atoms with Crippen molar-refractivity contribution >= 4 is 11.5 Å². The summed E-state index contributed by atoms with van der Waals surface area (Å²) in [5.74, 6) is 0.0276. The number of rotatable bonds is 3. The Kier molecular flexibility index (Phi) is 3.88. The second-order valence-corrected chi connectivity index (χ2v) is 4.43. The Balaban J connectivity index is 2.31. The van der Waals surface area contributed by atoms with E-state index in [2.05, 4.69) is 0 Å². The topological polar surface area (TPSA) is 52.3 Å². The normalized spacial score (nSPS) is 11.2. The monoisotopic (exact) mass is 295 g/mol. The molecular formula is C15H12F3NO2. The van der Waals surface area contributed by atoms with Gasteiger partial charge in [0.2, 0.25) is 0 Å². The summed E-state index contributed by atoms with van der Waals surface area (Å²) in [5.41, 5.74) is 5.39. The maximum atomic E-state index is 12.6. The summed E-state index contributed by atoms with van der Waals surface area (Å²) in [5, 5.41) is 0. The van der Waals surface area contributed by atoms with Crippen LogP contribution < -0.4 is 10.5 Å². The van der Waals surface area contributed by atoms with Crippen LogP contribution in [0.3, 0.4) is 0 Å². The van der Waals surface area contributed by atoms with Crippen LogP contribution in [0, 0.1) is 0 Å². The van der Waals surface area contributed by atoms with E-state index in [0.29, 0.717) is 5.69 Å². The van der Waals surface area contributed by atoms with Gasteiger partial charge in [-0.1, -0.05) is 6.07 Å². The molecule has 0 aromatic heterocycles. The Bertz CT molecular complexity index is 681. The lowest BCUT2D eigenvalue weighted by Crippen LogP contribution is -2.04. The maximum Gasteiger partial charge on any atom is 0.416 e. The highest BCUT2D eigenvalue weighted by Crippen LogP contribution is 2.33. The Morgan fingerprint density at radius 1 is 1.10 bits per heavy atom. The van der Waals surface area contributed by atoms with Crippen LogP contribution in [0.15, 0.2) is 42.5 Å². The number of anilines is 1. The summed E-state index contributed by atoms with van der Waals surface area (Å²) >= 11 is 0. The lowest BCUT2D eigenvalue weighted by Gasteiger charge is -2.11. The zero-order valence-electron chi connectivity index (χ0n) is 11.1. The van der Waals surface area contributed by atoms with Crippen molar-refractivity contribution in [3.05, 3.63) is 53.6 Å². The minimum atomic E-state index is -4.44. The molecule has 2 rings (SSSR count). The predicted molar refractivity (Wildman–Crippen MR) is 72.4 cm³/mol. The number of nitrogen functional groups attached to an aromatic ring is 1. The summed E-state index contributed by atoms with van der Waals surface area (Å²) in [6, 6.07) is 8.86. The van der Waals surface area contributed by atoms with Crippen molar-refractivity contribution in [2.75, 3.05) is 5.73 Å². The highest BCUT2D eigenvalue weighted by molar-refractivity contribution is 5.99. The van der Waals surface area contributed by atoms with Gasteiger partial charge in [0.25, 0.3) is 0 Å². The van der Waals surface area contributed by atoms with E-state index in [-0.39, 0.29) is 22.8 Å². The van der Waals surface area contributed by atoms with Crippen molar-refractivity contribution < 1.29 is 22.7 Å². The molecule has 2 N–H and O–H groups in total. The summed E-state index contributed by atoms with van der Waals surface area (Å²) in [6.45, 7) is 1.35. The van der Waals surface area contributed by atoms with Gasteiger partial charge in [-0.15, -0.1) is 0 Å². The molecular weight excluding hydrogens is 283 g/mol. The van der Waals surface area contributed by atoms with Crippen LogP contribution in [-0.2, 0) is 6.18 Å². The number of halogens is 3. The van der Waals surface area contributed by atoms with Crippen molar-refractivity contribution in [3.63, 3.8) is 0 Å². The number of carbonyl (C=O) groups is 1. The number of benzene rings is 2. The zero-order chi connectivity index (χ0) is 15.6. The summed E-state index contributed by atoms with van der Waals surface area (Å²) in [6.07, 6.45) is -4.44. The second-order valence-electron chi connectivity index (χ2n) is 4.43. The minimum Gasteiger partial charge on any atom is -0.457 e. The molecule has 0 saturated heterocycles. The van der Waals surface area contributed by atoms with Gasteiger partial charge in [-0.25, -0.2) is 0 Å². The van der Waals surface area contributed by atoms with Crippen LogP contribution in [0.25, 0.3) is 0 Å². The van der Waals surface area contributed by atoms with Crippen LogP contribution in [0.4, 0.5) is 18.9 Å². The highest BCUT2D eigenvalue weighted by Gasteiger charge is 2.30. The van der Waals surface area contributed by atoms with Crippen molar-refractivity contribution in [1.29, 1.82) is 0 Å². The van der Waals surface area contributed by atoms with Gasteiger partial charge in [0, 0.05) is 11.3 Å². The number of nitrogens with two attached hydrogens (primary N) is 1. The number of ether oxygens (including phenoxy) is 1. The van der Waals surface area contributed by atoms with Gasteiger partial charge in [0.15, 0.2) is 5.78 Å². The number of ketones is 1. The Morgan fingerprint density at radius 2 is 1.76 bits per heavy atom. The molecule has 3 nitrogen and oxygen atoms in total. The van der Waals surface area contributed by atoms with Crippen LogP contribution >= 0.6 is 0 Å². The van der Waals surface area contributed by atoms with Crippen molar-refractivity contribution in [3.8, 4) is 11.5 Å². The van der Waals surface area contributed by atoms with Crippen molar-refractivity contribution in [2.45, 2.75) is 13.1 Å². The highest BCUT2D eigenvalue weighted by atomic mass is 19.4. The van der Waals surface area contributed by atoms with E-state index in [4.69, 9.17) is 10.5 Å². The third kappa shape index (κ3) is 3.53. The van der Waals surface area contributed by atoms with Gasteiger partial charge in [-0.05, 0) is 43.3 Å². The molecule has 0 amide bonds. The largest absolute Gasteiger partial charge is 0.457 e. The summed E-state index contributed by atoms with van der Waals surface area (Å²) in [4.78, 5) is 11.4. The molecule has 0 fully saturated rings. The zero-order valence-corrected chi connectivity index (χ0v) is 11.1. The molecule has 0 aliphatic carbocycles. The number of Topliss-reactive ketones (excluding diaryl/α,β-unsaturated/α-hetero) is 1. The maximum absolute atomic E-state index is 12.6. The number of carbonyl (C=O) groups excluding carboxylic acids is 1. The van der Waals surface area contributed by atoms with Crippen molar-refractivity contribution in [1.82, 2.24) is 0 Å². The molecule has 0 spiro atoms. The summed E-state index contributed by atoms with van der Waals surface area (Å²) < 4.78 is 43.2. The lowest BCUT2D eigenvalue weighted by molar-refractivity contribution is -0.137. The summed E-state index contributed by atoms with van der Waals surface area (Å²) in [7, 11) is 0. The molecule has 21 heavy (non-hydrogen) atoms. The van der Waals surface area contributed by atoms with E-state index in [1.165, 1.54) is 37.3 Å². The molecule has 0 unspecified atom stereocenters. The van der Waals surface area contributed by atoms with Gasteiger partial charge in [-0.3, -0.25) is 4.79 Å². The lowest BCUT2D eigenvalue weighted by atomic mass is 10.1. The number of hydrogen-bond acceptors (Lipinski definition) is 3. The average Bonchev–Trinajstić information content (AvgIpc) is 2.40. The fourth-order valence-corrected chi connectivity index (χ4v) is 1.78. The SMILES string of the molecule is CC(=O)c1cc(Oc2cccc(C(F)(F)F)c2)ccc1N. The van der Waals surface area contributed by atoms with E-state index < -0.39 is 11.7 Å². The first kappa shape index (κ1) is 14.9. The third-order valence-corrected chi connectivity index (χ3v) is 2.80. The van der Waals surface area contributed by atoms with E-state index in [0.717, 1.165) is 12.1 Å². The first-order valence-electron chi connectivity index (χ1n) is 6.03. The van der Waals surface area contributed by atoms with Gasteiger partial charge >= 0.3 is 6.18 Å². The number of alkyl halides is 3. The molecule has 0 aliphatic rings. The van der Waals surface area contributed by atoms with E-state index >= 15 is 0 Å². The van der Waals surface area contributed by atoms with Gasteiger partial charge < -0.3 is 10.5 Å². The smallest absolute Gasteiger partial charge is 0.416 e. The first-order chi connectivity index (χ1) is 9.77.